The Hall–Kier alpha value is -4.62. The first kappa shape index (κ1) is 33.9. The Morgan fingerprint density at radius 2 is 1.05 bits per heavy atom. The summed E-state index contributed by atoms with van der Waals surface area (Å²) in [6, 6.07) is 24.5. The van der Waals surface area contributed by atoms with E-state index in [1.807, 2.05) is 36.4 Å². The van der Waals surface area contributed by atoms with Gasteiger partial charge in [-0.15, -0.1) is 0 Å². The van der Waals surface area contributed by atoms with E-state index in [2.05, 4.69) is 61.7 Å². The Bertz CT molecular complexity index is 1340. The van der Waals surface area contributed by atoms with Crippen molar-refractivity contribution < 1.29 is 33.6 Å². The van der Waals surface area contributed by atoms with Gasteiger partial charge in [-0.05, 0) is 85.0 Å². The number of ether oxygens (including phenoxy) is 4. The van der Waals surface area contributed by atoms with E-state index in [4.69, 9.17) is 24.1 Å². The van der Waals surface area contributed by atoms with Crippen LogP contribution in [0.5, 0.6) is 11.5 Å². The molecule has 0 aromatic heterocycles. The Labute approximate surface area is 260 Å². The van der Waals surface area contributed by atoms with Crippen LogP contribution < -0.4 is 9.47 Å². The number of aliphatic hydroxyl groups excluding tert-OH is 1. The van der Waals surface area contributed by atoms with E-state index in [0.29, 0.717) is 26.4 Å². The average molecular weight is 599 g/mol. The van der Waals surface area contributed by atoms with Crippen LogP contribution in [0.3, 0.4) is 0 Å². The van der Waals surface area contributed by atoms with Crippen LogP contribution in [0.1, 0.15) is 49.7 Å². The largest absolute Gasteiger partial charge is 0.494 e. The molecule has 1 N–H and O–H groups in total. The Morgan fingerprint density at radius 3 is 1.59 bits per heavy atom. The van der Waals surface area contributed by atoms with Crippen molar-refractivity contribution in [2.75, 3.05) is 33.0 Å². The van der Waals surface area contributed by atoms with Gasteiger partial charge in [-0.3, -0.25) is 0 Å². The molecule has 0 aliphatic carbocycles. The predicted molar refractivity (Wildman–Crippen MR) is 174 cm³/mol. The maximum Gasteiger partial charge on any atom is 0.335 e. The summed E-state index contributed by atoms with van der Waals surface area (Å²) in [5.41, 5.74) is 4.54. The van der Waals surface area contributed by atoms with Crippen LogP contribution in [0.4, 0.5) is 0 Å². The van der Waals surface area contributed by atoms with Crippen molar-refractivity contribution in [3.8, 4) is 22.6 Å². The van der Waals surface area contributed by atoms with Crippen LogP contribution in [-0.2, 0) is 19.1 Å². The van der Waals surface area contributed by atoms with Gasteiger partial charge < -0.3 is 24.1 Å². The molecule has 44 heavy (non-hydrogen) atoms. The normalized spacial score (nSPS) is 10.8. The fraction of sp³-hybridized carbons (Fsp3) is 0.297. The van der Waals surface area contributed by atoms with E-state index in [-0.39, 0.29) is 12.2 Å². The maximum atomic E-state index is 11.4. The molecule has 3 aromatic carbocycles. The smallest absolute Gasteiger partial charge is 0.335 e. The number of hydrogen-bond donors (Lipinski definition) is 1. The Kier molecular flexibility index (Phi) is 15.0. The van der Waals surface area contributed by atoms with Crippen LogP contribution in [0.2, 0.25) is 0 Å². The first-order chi connectivity index (χ1) is 21.5. The predicted octanol–water partition coefficient (Wildman–Crippen LogP) is 7.44. The summed E-state index contributed by atoms with van der Waals surface area (Å²) in [5, 5.41) is 8.85. The third-order valence-electron chi connectivity index (χ3n) is 6.69. The van der Waals surface area contributed by atoms with Crippen molar-refractivity contribution in [2.45, 2.75) is 38.5 Å². The molecule has 0 bridgehead atoms. The summed E-state index contributed by atoms with van der Waals surface area (Å²) in [6.07, 6.45) is 10.5. The maximum absolute atomic E-state index is 11.4. The van der Waals surface area contributed by atoms with E-state index in [9.17, 15) is 9.59 Å². The lowest BCUT2D eigenvalue weighted by molar-refractivity contribution is -0.140. The van der Waals surface area contributed by atoms with Gasteiger partial charge in [0.1, 0.15) is 11.5 Å². The van der Waals surface area contributed by atoms with Crippen molar-refractivity contribution in [3.63, 3.8) is 0 Å². The monoisotopic (exact) mass is 598 g/mol. The summed E-state index contributed by atoms with van der Waals surface area (Å²) in [5.74, 6) is 0.720. The fourth-order valence-corrected chi connectivity index (χ4v) is 4.10. The molecule has 3 aromatic rings. The van der Waals surface area contributed by atoms with Gasteiger partial charge in [0.25, 0.3) is 0 Å². The van der Waals surface area contributed by atoms with Gasteiger partial charge in [0, 0.05) is 6.08 Å². The standard InChI is InChI=1S/C37H42O7/c1-3-36(39)43-26-9-8-25-42-34-20-14-31(15-21-34)11-10-30-12-16-32(17-13-30)33-18-22-35(23-19-33)41-24-6-4-5-7-27-44-37(40)29(2)28-38/h3,10-23,38H,1-2,4-9,24-28H2/b11-10+. The number of aliphatic hydroxyl groups is 1. The lowest BCUT2D eigenvalue weighted by atomic mass is 10.0. The highest BCUT2D eigenvalue weighted by molar-refractivity contribution is 5.87. The second-order valence-corrected chi connectivity index (χ2v) is 10.1. The van der Waals surface area contributed by atoms with Crippen molar-refractivity contribution >= 4 is 24.1 Å². The number of benzene rings is 3. The minimum Gasteiger partial charge on any atom is -0.494 e. The molecular weight excluding hydrogens is 556 g/mol. The summed E-state index contributed by atoms with van der Waals surface area (Å²) in [6.45, 7) is 8.35. The van der Waals surface area contributed by atoms with Gasteiger partial charge in [0.2, 0.25) is 0 Å². The van der Waals surface area contributed by atoms with Gasteiger partial charge in [0.15, 0.2) is 0 Å². The van der Waals surface area contributed by atoms with Gasteiger partial charge in [-0.2, -0.15) is 0 Å². The highest BCUT2D eigenvalue weighted by atomic mass is 16.5. The highest BCUT2D eigenvalue weighted by Crippen LogP contribution is 2.24. The van der Waals surface area contributed by atoms with Crippen LogP contribution >= 0.6 is 0 Å². The fourth-order valence-electron chi connectivity index (χ4n) is 4.10. The highest BCUT2D eigenvalue weighted by Gasteiger charge is 2.06. The van der Waals surface area contributed by atoms with Crippen LogP contribution in [-0.4, -0.2) is 50.1 Å². The molecule has 0 unspecified atom stereocenters. The Balaban J connectivity index is 1.33. The minimum absolute atomic E-state index is 0.0799. The third kappa shape index (κ3) is 12.7. The molecule has 0 aliphatic rings. The quantitative estimate of drug-likeness (QED) is 0.0625. The first-order valence-electron chi connectivity index (χ1n) is 15.0. The number of carbonyl (C=O) groups is 2. The number of unbranched alkanes of at least 4 members (excludes halogenated alkanes) is 4. The molecule has 0 saturated carbocycles. The zero-order chi connectivity index (χ0) is 31.4. The molecule has 0 radical (unpaired) electrons. The second kappa shape index (κ2) is 19.5. The van der Waals surface area contributed by atoms with Gasteiger partial charge >= 0.3 is 11.9 Å². The van der Waals surface area contributed by atoms with E-state index >= 15 is 0 Å². The second-order valence-electron chi connectivity index (χ2n) is 10.1. The topological polar surface area (TPSA) is 91.3 Å². The molecular formula is C37H42O7. The molecule has 3 rings (SSSR count). The van der Waals surface area contributed by atoms with Crippen LogP contribution in [0, 0.1) is 0 Å². The minimum atomic E-state index is -0.534. The van der Waals surface area contributed by atoms with Crippen LogP contribution in [0.25, 0.3) is 23.3 Å². The van der Waals surface area contributed by atoms with Gasteiger partial charge in [-0.1, -0.05) is 73.8 Å². The summed E-state index contributed by atoms with van der Waals surface area (Å²) >= 11 is 0. The Morgan fingerprint density at radius 1 is 0.614 bits per heavy atom. The number of hydrogen-bond acceptors (Lipinski definition) is 7. The van der Waals surface area contributed by atoms with Gasteiger partial charge in [-0.25, -0.2) is 9.59 Å². The molecule has 0 aliphatic heterocycles. The molecule has 0 saturated heterocycles. The molecule has 0 spiro atoms. The molecule has 0 fully saturated rings. The number of carbonyl (C=O) groups excluding carboxylic acids is 2. The van der Waals surface area contributed by atoms with Crippen molar-refractivity contribution in [1.29, 1.82) is 0 Å². The van der Waals surface area contributed by atoms with Crippen molar-refractivity contribution in [2.24, 2.45) is 0 Å². The van der Waals surface area contributed by atoms with Crippen molar-refractivity contribution in [1.82, 2.24) is 0 Å². The van der Waals surface area contributed by atoms with E-state index in [1.54, 1.807) is 0 Å². The summed E-state index contributed by atoms with van der Waals surface area (Å²) < 4.78 is 21.6. The van der Waals surface area contributed by atoms with Crippen LogP contribution in [0.15, 0.2) is 97.6 Å². The number of esters is 2. The van der Waals surface area contributed by atoms with E-state index < -0.39 is 11.9 Å². The molecule has 7 heteroatoms. The summed E-state index contributed by atoms with van der Waals surface area (Å²) in [4.78, 5) is 22.4. The average Bonchev–Trinajstić information content (AvgIpc) is 3.07. The zero-order valence-electron chi connectivity index (χ0n) is 25.2. The van der Waals surface area contributed by atoms with E-state index in [1.165, 1.54) is 6.08 Å². The molecule has 0 atom stereocenters. The SMILES string of the molecule is C=CC(=O)OCCCCOc1ccc(/C=C/c2ccc(-c3ccc(OCCCCCCOC(=O)C(=C)CO)cc3)cc2)cc1. The molecule has 7 nitrogen and oxygen atoms in total. The summed E-state index contributed by atoms with van der Waals surface area (Å²) in [7, 11) is 0. The molecule has 0 heterocycles. The molecule has 0 amide bonds. The third-order valence-corrected chi connectivity index (χ3v) is 6.69. The zero-order valence-corrected chi connectivity index (χ0v) is 25.2. The van der Waals surface area contributed by atoms with Gasteiger partial charge in [0.05, 0.1) is 38.6 Å². The van der Waals surface area contributed by atoms with E-state index in [0.717, 1.165) is 72.3 Å². The lowest BCUT2D eigenvalue weighted by Gasteiger charge is -2.08. The first-order valence-corrected chi connectivity index (χ1v) is 15.0. The lowest BCUT2D eigenvalue weighted by Crippen LogP contribution is -2.10. The van der Waals surface area contributed by atoms with Crippen molar-refractivity contribution in [3.05, 3.63) is 109 Å². The number of rotatable bonds is 20. The molecule has 232 valence electrons.